The van der Waals surface area contributed by atoms with Crippen LogP contribution >= 0.6 is 0 Å². The largest absolute Gasteiger partial charge is 0.376 e. The second kappa shape index (κ2) is 7.32. The van der Waals surface area contributed by atoms with Gasteiger partial charge < -0.3 is 10.1 Å². The van der Waals surface area contributed by atoms with Gasteiger partial charge in [0, 0.05) is 13.3 Å². The van der Waals surface area contributed by atoms with E-state index in [0.717, 1.165) is 50.1 Å². The third kappa shape index (κ3) is 3.80. The lowest BCUT2D eigenvalue weighted by Gasteiger charge is -2.44. The number of halogens is 1. The smallest absolute Gasteiger partial charge is 0.141 e. The lowest BCUT2D eigenvalue weighted by molar-refractivity contribution is -0.0761. The SMILES string of the molecule is CCCNC(c1cncc(F)c1)C1(OC)CCC(C)CC1. The van der Waals surface area contributed by atoms with E-state index in [1.165, 1.54) is 6.20 Å². The van der Waals surface area contributed by atoms with Crippen molar-refractivity contribution in [3.05, 3.63) is 29.8 Å². The Bertz CT molecular complexity index is 444. The van der Waals surface area contributed by atoms with Crippen LogP contribution in [0.3, 0.4) is 0 Å². The highest BCUT2D eigenvalue weighted by molar-refractivity contribution is 5.20. The molecule has 1 atom stereocenters. The molecule has 1 aromatic heterocycles. The lowest BCUT2D eigenvalue weighted by Crippen LogP contribution is -2.48. The predicted octanol–water partition coefficient (Wildman–Crippen LogP) is 3.86. The molecule has 1 N–H and O–H groups in total. The summed E-state index contributed by atoms with van der Waals surface area (Å²) in [5.41, 5.74) is 0.636. The monoisotopic (exact) mass is 294 g/mol. The molecule has 21 heavy (non-hydrogen) atoms. The maximum atomic E-state index is 13.6. The fourth-order valence-corrected chi connectivity index (χ4v) is 3.34. The molecule has 2 rings (SSSR count). The van der Waals surface area contributed by atoms with E-state index in [0.29, 0.717) is 0 Å². The number of nitrogens with zero attached hydrogens (tertiary/aromatic N) is 1. The molecule has 3 nitrogen and oxygen atoms in total. The first-order valence-electron chi connectivity index (χ1n) is 8.00. The fraction of sp³-hybridized carbons (Fsp3) is 0.706. The van der Waals surface area contributed by atoms with Gasteiger partial charge in [0.25, 0.3) is 0 Å². The Labute approximate surface area is 127 Å². The maximum Gasteiger partial charge on any atom is 0.141 e. The minimum atomic E-state index is -0.286. The van der Waals surface area contributed by atoms with Crippen LogP contribution in [0, 0.1) is 11.7 Å². The van der Waals surface area contributed by atoms with E-state index < -0.39 is 0 Å². The van der Waals surface area contributed by atoms with Gasteiger partial charge in [0.05, 0.1) is 17.8 Å². The van der Waals surface area contributed by atoms with Crippen LogP contribution in [-0.4, -0.2) is 24.2 Å². The molecule has 1 aromatic rings. The van der Waals surface area contributed by atoms with Gasteiger partial charge >= 0.3 is 0 Å². The van der Waals surface area contributed by atoms with E-state index in [2.05, 4.69) is 24.1 Å². The Morgan fingerprint density at radius 1 is 1.43 bits per heavy atom. The molecular weight excluding hydrogens is 267 g/mol. The van der Waals surface area contributed by atoms with Crippen LogP contribution in [0.15, 0.2) is 18.5 Å². The van der Waals surface area contributed by atoms with Crippen molar-refractivity contribution in [1.82, 2.24) is 10.3 Å². The lowest BCUT2D eigenvalue weighted by atomic mass is 9.73. The van der Waals surface area contributed by atoms with Crippen molar-refractivity contribution in [1.29, 1.82) is 0 Å². The van der Waals surface area contributed by atoms with E-state index in [-0.39, 0.29) is 17.5 Å². The molecule has 0 aliphatic heterocycles. The van der Waals surface area contributed by atoms with Crippen molar-refractivity contribution in [2.75, 3.05) is 13.7 Å². The first-order chi connectivity index (χ1) is 10.1. The van der Waals surface area contributed by atoms with E-state index in [1.54, 1.807) is 19.4 Å². The highest BCUT2D eigenvalue weighted by Gasteiger charge is 2.42. The third-order valence-corrected chi connectivity index (χ3v) is 4.71. The Hall–Kier alpha value is -1.00. The second-order valence-electron chi connectivity index (χ2n) is 6.28. The molecule has 1 heterocycles. The Morgan fingerprint density at radius 3 is 2.71 bits per heavy atom. The molecule has 0 spiro atoms. The molecule has 0 radical (unpaired) electrons. The number of nitrogens with one attached hydrogen (secondary N) is 1. The minimum absolute atomic E-state index is 0.00171. The van der Waals surface area contributed by atoms with Crippen molar-refractivity contribution in [3.63, 3.8) is 0 Å². The normalized spacial score (nSPS) is 27.5. The highest BCUT2D eigenvalue weighted by Crippen LogP contribution is 2.42. The van der Waals surface area contributed by atoms with Crippen LogP contribution in [0.25, 0.3) is 0 Å². The first kappa shape index (κ1) is 16.4. The molecular formula is C17H27FN2O. The van der Waals surface area contributed by atoms with Crippen LogP contribution in [-0.2, 0) is 4.74 Å². The maximum absolute atomic E-state index is 13.6. The highest BCUT2D eigenvalue weighted by atomic mass is 19.1. The van der Waals surface area contributed by atoms with Gasteiger partial charge in [-0.2, -0.15) is 0 Å². The van der Waals surface area contributed by atoms with E-state index >= 15 is 0 Å². The summed E-state index contributed by atoms with van der Waals surface area (Å²) in [5.74, 6) is 0.456. The molecule has 0 bridgehead atoms. The number of methoxy groups -OCH3 is 1. The molecule has 0 aromatic carbocycles. The van der Waals surface area contributed by atoms with Crippen molar-refractivity contribution in [2.24, 2.45) is 5.92 Å². The minimum Gasteiger partial charge on any atom is -0.376 e. The summed E-state index contributed by atoms with van der Waals surface area (Å²) in [5, 5.41) is 3.56. The summed E-state index contributed by atoms with van der Waals surface area (Å²) < 4.78 is 19.5. The molecule has 0 amide bonds. The molecule has 1 unspecified atom stereocenters. The van der Waals surface area contributed by atoms with Crippen molar-refractivity contribution in [3.8, 4) is 0 Å². The average Bonchev–Trinajstić information content (AvgIpc) is 2.50. The molecule has 1 aliphatic rings. The van der Waals surface area contributed by atoms with Gasteiger partial charge in [-0.15, -0.1) is 0 Å². The summed E-state index contributed by atoms with van der Waals surface area (Å²) in [6, 6.07) is 1.58. The number of pyridine rings is 1. The zero-order chi connectivity index (χ0) is 15.3. The van der Waals surface area contributed by atoms with Gasteiger partial charge in [-0.3, -0.25) is 4.98 Å². The molecule has 4 heteroatoms. The van der Waals surface area contributed by atoms with Gasteiger partial charge in [0.15, 0.2) is 0 Å². The van der Waals surface area contributed by atoms with E-state index in [4.69, 9.17) is 4.74 Å². The second-order valence-corrected chi connectivity index (χ2v) is 6.28. The van der Waals surface area contributed by atoms with Crippen LogP contribution in [0.1, 0.15) is 57.6 Å². The molecule has 1 aliphatic carbocycles. The van der Waals surface area contributed by atoms with Crippen LogP contribution < -0.4 is 5.32 Å². The third-order valence-electron chi connectivity index (χ3n) is 4.71. The topological polar surface area (TPSA) is 34.2 Å². The quantitative estimate of drug-likeness (QED) is 0.865. The summed E-state index contributed by atoms with van der Waals surface area (Å²) in [7, 11) is 1.78. The summed E-state index contributed by atoms with van der Waals surface area (Å²) in [6.07, 6.45) is 8.36. The van der Waals surface area contributed by atoms with Gasteiger partial charge in [-0.05, 0) is 56.2 Å². The number of rotatable bonds is 6. The Balaban J connectivity index is 2.29. The van der Waals surface area contributed by atoms with Crippen molar-refractivity contribution < 1.29 is 9.13 Å². The number of hydrogen-bond donors (Lipinski definition) is 1. The Kier molecular flexibility index (Phi) is 5.71. The standard InChI is InChI=1S/C17H27FN2O/c1-4-9-20-16(14-10-15(18)12-19-11-14)17(21-3)7-5-13(2)6-8-17/h10-13,16,20H,4-9H2,1-3H3. The van der Waals surface area contributed by atoms with Crippen molar-refractivity contribution in [2.45, 2.75) is 57.6 Å². The van der Waals surface area contributed by atoms with E-state index in [9.17, 15) is 4.39 Å². The van der Waals surface area contributed by atoms with E-state index in [1.807, 2.05) is 0 Å². The van der Waals surface area contributed by atoms with Gasteiger partial charge in [-0.25, -0.2) is 4.39 Å². The van der Waals surface area contributed by atoms with Crippen LogP contribution in [0.5, 0.6) is 0 Å². The summed E-state index contributed by atoms with van der Waals surface area (Å²) in [6.45, 7) is 5.32. The first-order valence-corrected chi connectivity index (χ1v) is 8.00. The number of ether oxygens (including phenoxy) is 1. The zero-order valence-electron chi connectivity index (χ0n) is 13.4. The van der Waals surface area contributed by atoms with Gasteiger partial charge in [0.1, 0.15) is 5.82 Å². The molecule has 1 fully saturated rings. The van der Waals surface area contributed by atoms with Crippen LogP contribution in [0.4, 0.5) is 4.39 Å². The van der Waals surface area contributed by atoms with Gasteiger partial charge in [-0.1, -0.05) is 13.8 Å². The van der Waals surface area contributed by atoms with Crippen molar-refractivity contribution >= 4 is 0 Å². The number of aromatic nitrogens is 1. The zero-order valence-corrected chi connectivity index (χ0v) is 13.4. The fourth-order valence-electron chi connectivity index (χ4n) is 3.34. The van der Waals surface area contributed by atoms with Gasteiger partial charge in [0.2, 0.25) is 0 Å². The molecule has 118 valence electrons. The number of hydrogen-bond acceptors (Lipinski definition) is 3. The molecule has 1 saturated carbocycles. The molecule has 0 saturated heterocycles. The van der Waals surface area contributed by atoms with Crippen LogP contribution in [0.2, 0.25) is 0 Å². The summed E-state index contributed by atoms with van der Waals surface area (Å²) in [4.78, 5) is 4.02. The summed E-state index contributed by atoms with van der Waals surface area (Å²) >= 11 is 0. The Morgan fingerprint density at radius 2 is 2.14 bits per heavy atom. The predicted molar refractivity (Wildman–Crippen MR) is 82.6 cm³/mol. The average molecular weight is 294 g/mol.